The van der Waals surface area contributed by atoms with Crippen LogP contribution in [0.4, 0.5) is 5.69 Å². The van der Waals surface area contributed by atoms with Gasteiger partial charge in [0.1, 0.15) is 6.10 Å². The molecule has 2 aromatic carbocycles. The molecule has 0 saturated heterocycles. The first-order valence-electron chi connectivity index (χ1n) is 8.91. The standard InChI is InChI=1S/C21H24N2O5/c1-4-27-19-11-16(7-10-18(19)28-14(2)13-24)20(21(25)26-3)23-17-8-5-15(12-22)6-9-17/h5-11,14,20,23-24H,4,13H2,1-3H3. The van der Waals surface area contributed by atoms with Crippen molar-refractivity contribution in [1.29, 1.82) is 5.26 Å². The second-order valence-corrected chi connectivity index (χ2v) is 6.04. The summed E-state index contributed by atoms with van der Waals surface area (Å²) in [6.07, 6.45) is -0.391. The van der Waals surface area contributed by atoms with Crippen LogP contribution in [0.3, 0.4) is 0 Å². The molecule has 0 aliphatic carbocycles. The highest BCUT2D eigenvalue weighted by atomic mass is 16.5. The number of aliphatic hydroxyl groups is 1. The van der Waals surface area contributed by atoms with Crippen LogP contribution in [-0.2, 0) is 9.53 Å². The van der Waals surface area contributed by atoms with Crippen molar-refractivity contribution in [2.24, 2.45) is 0 Å². The SMILES string of the molecule is CCOc1cc(C(Nc2ccc(C#N)cc2)C(=O)OC)ccc1OC(C)CO. The van der Waals surface area contributed by atoms with E-state index in [1.54, 1.807) is 49.4 Å². The zero-order valence-corrected chi connectivity index (χ0v) is 16.1. The maximum Gasteiger partial charge on any atom is 0.332 e. The van der Waals surface area contributed by atoms with Gasteiger partial charge in [0.15, 0.2) is 17.5 Å². The molecule has 0 amide bonds. The van der Waals surface area contributed by atoms with Gasteiger partial charge in [-0.25, -0.2) is 4.79 Å². The van der Waals surface area contributed by atoms with E-state index in [1.807, 2.05) is 6.92 Å². The zero-order chi connectivity index (χ0) is 20.5. The fourth-order valence-corrected chi connectivity index (χ4v) is 2.53. The molecular formula is C21H24N2O5. The lowest BCUT2D eigenvalue weighted by Crippen LogP contribution is -2.22. The van der Waals surface area contributed by atoms with Crippen LogP contribution in [0.5, 0.6) is 11.5 Å². The highest BCUT2D eigenvalue weighted by molar-refractivity contribution is 5.81. The summed E-state index contributed by atoms with van der Waals surface area (Å²) >= 11 is 0. The van der Waals surface area contributed by atoms with E-state index in [2.05, 4.69) is 11.4 Å². The summed E-state index contributed by atoms with van der Waals surface area (Å²) in [6, 6.07) is 13.2. The molecule has 28 heavy (non-hydrogen) atoms. The molecule has 2 N–H and O–H groups in total. The van der Waals surface area contributed by atoms with Crippen molar-refractivity contribution in [2.45, 2.75) is 26.0 Å². The Morgan fingerprint density at radius 2 is 1.93 bits per heavy atom. The van der Waals surface area contributed by atoms with Crippen molar-refractivity contribution in [3.8, 4) is 17.6 Å². The number of nitrogens with zero attached hydrogens (tertiary/aromatic N) is 1. The van der Waals surface area contributed by atoms with E-state index in [0.29, 0.717) is 34.9 Å². The number of benzene rings is 2. The van der Waals surface area contributed by atoms with Gasteiger partial charge in [-0.05, 0) is 55.8 Å². The highest BCUT2D eigenvalue weighted by Gasteiger charge is 2.23. The maximum atomic E-state index is 12.4. The van der Waals surface area contributed by atoms with E-state index >= 15 is 0 Å². The topological polar surface area (TPSA) is 101 Å². The molecule has 7 heteroatoms. The third kappa shape index (κ3) is 5.38. The third-order valence-corrected chi connectivity index (χ3v) is 3.95. The number of rotatable bonds is 9. The maximum absolute atomic E-state index is 12.4. The Labute approximate surface area is 164 Å². The van der Waals surface area contributed by atoms with Crippen LogP contribution in [0.1, 0.15) is 31.0 Å². The van der Waals surface area contributed by atoms with Gasteiger partial charge in [0.2, 0.25) is 0 Å². The number of ether oxygens (including phenoxy) is 3. The van der Waals surface area contributed by atoms with Crippen LogP contribution in [0.25, 0.3) is 0 Å². The van der Waals surface area contributed by atoms with Crippen molar-refractivity contribution >= 4 is 11.7 Å². The first-order chi connectivity index (χ1) is 13.5. The summed E-state index contributed by atoms with van der Waals surface area (Å²) in [6.45, 7) is 3.88. The lowest BCUT2D eigenvalue weighted by molar-refractivity contribution is -0.141. The molecule has 0 saturated carbocycles. The minimum atomic E-state index is -0.776. The van der Waals surface area contributed by atoms with Gasteiger partial charge in [-0.1, -0.05) is 6.07 Å². The Morgan fingerprint density at radius 1 is 1.21 bits per heavy atom. The summed E-state index contributed by atoms with van der Waals surface area (Å²) in [7, 11) is 1.32. The Balaban J connectivity index is 2.35. The monoisotopic (exact) mass is 384 g/mol. The molecule has 2 unspecified atom stereocenters. The fraction of sp³-hybridized carbons (Fsp3) is 0.333. The molecule has 0 spiro atoms. The van der Waals surface area contributed by atoms with E-state index in [-0.39, 0.29) is 6.61 Å². The third-order valence-electron chi connectivity index (χ3n) is 3.95. The van der Waals surface area contributed by atoms with Crippen LogP contribution in [0, 0.1) is 11.3 Å². The smallest absolute Gasteiger partial charge is 0.332 e. The number of esters is 1. The van der Waals surface area contributed by atoms with Crippen LogP contribution in [-0.4, -0.2) is 37.5 Å². The molecule has 0 heterocycles. The van der Waals surface area contributed by atoms with Gasteiger partial charge in [-0.15, -0.1) is 0 Å². The lowest BCUT2D eigenvalue weighted by atomic mass is 10.1. The van der Waals surface area contributed by atoms with Gasteiger partial charge in [-0.2, -0.15) is 5.26 Å². The van der Waals surface area contributed by atoms with Gasteiger partial charge in [0.25, 0.3) is 0 Å². The molecule has 148 valence electrons. The molecule has 0 bridgehead atoms. The average molecular weight is 384 g/mol. The molecule has 2 rings (SSSR count). The van der Waals surface area contributed by atoms with Gasteiger partial charge in [-0.3, -0.25) is 0 Å². The van der Waals surface area contributed by atoms with Gasteiger partial charge in [0.05, 0.1) is 32.0 Å². The summed E-state index contributed by atoms with van der Waals surface area (Å²) in [5, 5.41) is 21.2. The predicted molar refractivity (Wildman–Crippen MR) is 104 cm³/mol. The normalized spacial score (nSPS) is 12.4. The van der Waals surface area contributed by atoms with Crippen LogP contribution in [0.2, 0.25) is 0 Å². The number of nitrogens with one attached hydrogen (secondary N) is 1. The molecule has 0 radical (unpaired) electrons. The number of nitriles is 1. The molecule has 2 atom stereocenters. The van der Waals surface area contributed by atoms with E-state index in [1.165, 1.54) is 7.11 Å². The number of hydrogen-bond donors (Lipinski definition) is 2. The van der Waals surface area contributed by atoms with Gasteiger partial charge >= 0.3 is 5.97 Å². The second-order valence-electron chi connectivity index (χ2n) is 6.04. The molecule has 0 fully saturated rings. The van der Waals surface area contributed by atoms with Crippen molar-refractivity contribution in [2.75, 3.05) is 25.6 Å². The summed E-state index contributed by atoms with van der Waals surface area (Å²) in [5.74, 6) is 0.481. The number of carbonyl (C=O) groups excluding carboxylic acids is 1. The lowest BCUT2D eigenvalue weighted by Gasteiger charge is -2.21. The summed E-state index contributed by atoms with van der Waals surface area (Å²) < 4.78 is 16.3. The fourth-order valence-electron chi connectivity index (χ4n) is 2.53. The van der Waals surface area contributed by atoms with E-state index < -0.39 is 18.1 Å². The second kappa shape index (κ2) is 10.2. The molecule has 2 aromatic rings. The van der Waals surface area contributed by atoms with Crippen molar-refractivity contribution < 1.29 is 24.1 Å². The van der Waals surface area contributed by atoms with Crippen molar-refractivity contribution in [1.82, 2.24) is 0 Å². The number of methoxy groups -OCH3 is 1. The van der Waals surface area contributed by atoms with Crippen molar-refractivity contribution in [3.05, 3.63) is 53.6 Å². The first kappa shape index (κ1) is 21.1. The molecule has 7 nitrogen and oxygen atoms in total. The molecule has 0 aromatic heterocycles. The highest BCUT2D eigenvalue weighted by Crippen LogP contribution is 2.33. The van der Waals surface area contributed by atoms with E-state index in [9.17, 15) is 9.90 Å². The molecule has 0 aliphatic heterocycles. The van der Waals surface area contributed by atoms with Crippen LogP contribution >= 0.6 is 0 Å². The number of anilines is 1. The summed E-state index contributed by atoms with van der Waals surface area (Å²) in [5.41, 5.74) is 1.82. The first-order valence-corrected chi connectivity index (χ1v) is 8.91. The number of hydrogen-bond acceptors (Lipinski definition) is 7. The van der Waals surface area contributed by atoms with Crippen molar-refractivity contribution in [3.63, 3.8) is 0 Å². The average Bonchev–Trinajstić information content (AvgIpc) is 2.73. The largest absolute Gasteiger partial charge is 0.490 e. The van der Waals surface area contributed by atoms with E-state index in [0.717, 1.165) is 0 Å². The Morgan fingerprint density at radius 3 is 2.50 bits per heavy atom. The van der Waals surface area contributed by atoms with Crippen LogP contribution in [0.15, 0.2) is 42.5 Å². The Bertz CT molecular complexity index is 830. The molecular weight excluding hydrogens is 360 g/mol. The molecule has 0 aliphatic rings. The number of aliphatic hydroxyl groups excluding tert-OH is 1. The van der Waals surface area contributed by atoms with Gasteiger partial charge < -0.3 is 24.6 Å². The van der Waals surface area contributed by atoms with Gasteiger partial charge in [0, 0.05) is 5.69 Å². The Kier molecular flexibility index (Phi) is 7.66. The minimum absolute atomic E-state index is 0.127. The Hall–Kier alpha value is -3.24. The summed E-state index contributed by atoms with van der Waals surface area (Å²) in [4.78, 5) is 12.4. The number of carbonyl (C=O) groups is 1. The quantitative estimate of drug-likeness (QED) is 0.641. The van der Waals surface area contributed by atoms with E-state index in [4.69, 9.17) is 19.5 Å². The predicted octanol–water partition coefficient (Wildman–Crippen LogP) is 3.04. The zero-order valence-electron chi connectivity index (χ0n) is 16.1. The van der Waals surface area contributed by atoms with Crippen LogP contribution < -0.4 is 14.8 Å². The minimum Gasteiger partial charge on any atom is -0.490 e.